The molecule has 4 rings (SSSR count). The maximum atomic E-state index is 12.5. The van der Waals surface area contributed by atoms with E-state index in [4.69, 9.17) is 15.6 Å². The summed E-state index contributed by atoms with van der Waals surface area (Å²) in [5.41, 5.74) is 7.00. The number of aliphatic carboxylic acids is 2. The summed E-state index contributed by atoms with van der Waals surface area (Å²) >= 11 is 0. The number of fused-ring (bicyclic) bond motifs is 5. The fraction of sp³-hybridized carbons (Fsp3) is 0.769. The summed E-state index contributed by atoms with van der Waals surface area (Å²) in [5, 5.41) is 19.9. The van der Waals surface area contributed by atoms with E-state index in [1.165, 1.54) is 5.57 Å². The Morgan fingerprint density at radius 2 is 1.78 bits per heavy atom. The molecule has 0 spiro atoms. The molecule has 0 bridgehead atoms. The van der Waals surface area contributed by atoms with Gasteiger partial charge in [0.25, 0.3) is 0 Å². The lowest BCUT2D eigenvalue weighted by Gasteiger charge is -2.61. The minimum atomic E-state index is -5.08. The highest BCUT2D eigenvalue weighted by Gasteiger charge is 2.62. The van der Waals surface area contributed by atoms with Crippen LogP contribution in [0.15, 0.2) is 11.6 Å². The lowest BCUT2D eigenvalue weighted by atomic mass is 9.45. The molecule has 4 aliphatic carbocycles. The molecule has 0 aromatic carbocycles. The van der Waals surface area contributed by atoms with Gasteiger partial charge >= 0.3 is 18.1 Å². The van der Waals surface area contributed by atoms with Crippen molar-refractivity contribution in [1.82, 2.24) is 5.32 Å². The number of allylic oxidation sites excluding steroid dienone is 1. The molecule has 0 unspecified atom stereocenters. The zero-order chi connectivity index (χ0) is 27.9. The second-order valence-corrected chi connectivity index (χ2v) is 11.6. The molecule has 5 N–H and O–H groups in total. The van der Waals surface area contributed by atoms with E-state index in [-0.39, 0.29) is 40.9 Å². The van der Waals surface area contributed by atoms with E-state index in [1.807, 2.05) is 6.08 Å². The number of hydrogen-bond donors (Lipinski definition) is 4. The summed E-state index contributed by atoms with van der Waals surface area (Å²) < 4.78 is 31.7. The lowest BCUT2D eigenvalue weighted by molar-refractivity contribution is -0.192. The van der Waals surface area contributed by atoms with E-state index >= 15 is 0 Å². The van der Waals surface area contributed by atoms with Crippen molar-refractivity contribution in [3.63, 3.8) is 0 Å². The Morgan fingerprint density at radius 1 is 1.16 bits per heavy atom. The van der Waals surface area contributed by atoms with Gasteiger partial charge < -0.3 is 21.3 Å². The minimum absolute atomic E-state index is 0.0442. The summed E-state index contributed by atoms with van der Waals surface area (Å²) in [6.45, 7) is 6.55. The second kappa shape index (κ2) is 10.5. The third kappa shape index (κ3) is 5.62. The van der Waals surface area contributed by atoms with Gasteiger partial charge in [-0.15, -0.1) is 0 Å². The van der Waals surface area contributed by atoms with Crippen LogP contribution < -0.4 is 11.1 Å². The number of nitrogens with two attached hydrogens (primary N) is 1. The molecule has 8 atom stereocenters. The van der Waals surface area contributed by atoms with Crippen molar-refractivity contribution in [2.45, 2.75) is 84.0 Å². The van der Waals surface area contributed by atoms with Crippen molar-refractivity contribution in [1.29, 1.82) is 0 Å². The monoisotopic (exact) mass is 530 g/mol. The van der Waals surface area contributed by atoms with Crippen molar-refractivity contribution in [2.75, 3.05) is 6.54 Å². The normalized spacial score (nSPS) is 37.6. The highest BCUT2D eigenvalue weighted by Crippen LogP contribution is 2.66. The maximum Gasteiger partial charge on any atom is 0.490 e. The van der Waals surface area contributed by atoms with Gasteiger partial charge in [0, 0.05) is 24.9 Å². The number of carbonyl (C=O) groups excluding carboxylic acids is 2. The molecule has 11 heteroatoms. The highest BCUT2D eigenvalue weighted by atomic mass is 19.4. The lowest BCUT2D eigenvalue weighted by Crippen LogP contribution is -2.61. The van der Waals surface area contributed by atoms with E-state index in [9.17, 15) is 32.7 Å². The third-order valence-corrected chi connectivity index (χ3v) is 9.57. The summed E-state index contributed by atoms with van der Waals surface area (Å²) in [6, 6.07) is -0.844. The molecule has 0 aromatic heterocycles. The molecule has 3 fully saturated rings. The van der Waals surface area contributed by atoms with Crippen molar-refractivity contribution in [3.05, 3.63) is 11.6 Å². The number of ketones is 2. The molecule has 3 saturated carbocycles. The number of nitrogens with one attached hydrogen (secondary N) is 1. The van der Waals surface area contributed by atoms with Crippen LogP contribution >= 0.6 is 0 Å². The molecular formula is C26H37F3N2O6. The fourth-order valence-electron chi connectivity index (χ4n) is 7.98. The molecule has 0 aliphatic heterocycles. The van der Waals surface area contributed by atoms with Gasteiger partial charge in [-0.1, -0.05) is 19.4 Å². The number of Topliss-reactive ketones (excluding diaryl/α,β-unsaturated/α-hetero) is 1. The Morgan fingerprint density at radius 3 is 2.32 bits per heavy atom. The van der Waals surface area contributed by atoms with Crippen LogP contribution in [-0.2, 0) is 19.2 Å². The van der Waals surface area contributed by atoms with E-state index in [0.717, 1.165) is 38.5 Å². The Hall–Kier alpha value is -2.27. The number of alkyl halides is 3. The largest absolute Gasteiger partial charge is 0.490 e. The van der Waals surface area contributed by atoms with Crippen molar-refractivity contribution in [3.8, 4) is 0 Å². The molecule has 0 radical (unpaired) electrons. The van der Waals surface area contributed by atoms with E-state index in [0.29, 0.717) is 24.2 Å². The third-order valence-electron chi connectivity index (χ3n) is 9.57. The quantitative estimate of drug-likeness (QED) is 0.423. The molecule has 0 heterocycles. The van der Waals surface area contributed by atoms with Gasteiger partial charge in [-0.2, -0.15) is 13.2 Å². The van der Waals surface area contributed by atoms with Crippen LogP contribution in [0, 0.1) is 34.5 Å². The Bertz CT molecular complexity index is 982. The molecule has 4 aliphatic rings. The Labute approximate surface area is 214 Å². The van der Waals surface area contributed by atoms with Gasteiger partial charge in [0.2, 0.25) is 0 Å². The topological polar surface area (TPSA) is 147 Å². The van der Waals surface area contributed by atoms with Gasteiger partial charge in [0.15, 0.2) is 5.78 Å². The van der Waals surface area contributed by atoms with Crippen LogP contribution in [-0.4, -0.2) is 58.5 Å². The first-order valence-electron chi connectivity index (χ1n) is 12.8. The van der Waals surface area contributed by atoms with Crippen LogP contribution in [0.1, 0.15) is 65.7 Å². The minimum Gasteiger partial charge on any atom is -0.480 e. The number of carboxylic acids is 2. The number of rotatable bonds is 5. The molecule has 0 amide bonds. The molecule has 208 valence electrons. The SMILES string of the molecule is CC(=O)[C@H]1CC[C@H]2[C@@H]3CCC4=CC(=O)CC[C@]4(C)[C@H]3[C@@H](NC[C@@H](N)C(=O)O)C[C@]12C.O=C(O)C(F)(F)F. The number of hydrogen-bond acceptors (Lipinski definition) is 6. The first kappa shape index (κ1) is 29.3. The average Bonchev–Trinajstić information content (AvgIpc) is 3.14. The first-order chi connectivity index (χ1) is 17.0. The van der Waals surface area contributed by atoms with Crippen molar-refractivity contribution >= 4 is 23.5 Å². The Kier molecular flexibility index (Phi) is 8.29. The van der Waals surface area contributed by atoms with Crippen LogP contribution in [0.3, 0.4) is 0 Å². The summed E-state index contributed by atoms with van der Waals surface area (Å²) in [4.78, 5) is 44.8. The van der Waals surface area contributed by atoms with Crippen LogP contribution in [0.25, 0.3) is 0 Å². The van der Waals surface area contributed by atoms with Crippen LogP contribution in [0.2, 0.25) is 0 Å². The van der Waals surface area contributed by atoms with Gasteiger partial charge in [-0.05, 0) is 80.1 Å². The standard InChI is InChI=1S/C24H36N2O4.C2HF3O2/c1-13(27)17-6-7-18-16-5-4-14-10-15(28)8-9-23(14,2)21(16)20(11-24(17,18)3)26-12-19(25)22(29)30;3-2(4,5)1(6)7/h10,16-21,26H,4-9,11-12,25H2,1-3H3,(H,29,30);(H,6,7)/t16-,17+,18-,19+,20-,21+,23-,24+;/m0./s1. The number of carbonyl (C=O) groups is 4. The molecular weight excluding hydrogens is 493 g/mol. The van der Waals surface area contributed by atoms with Gasteiger partial charge in [0.05, 0.1) is 0 Å². The zero-order valence-corrected chi connectivity index (χ0v) is 21.4. The predicted molar refractivity (Wildman–Crippen MR) is 127 cm³/mol. The summed E-state index contributed by atoms with van der Waals surface area (Å²) in [6.07, 6.45) is 3.18. The van der Waals surface area contributed by atoms with Gasteiger partial charge in [-0.25, -0.2) is 4.79 Å². The molecule has 37 heavy (non-hydrogen) atoms. The number of halogens is 3. The summed E-state index contributed by atoms with van der Waals surface area (Å²) in [7, 11) is 0. The predicted octanol–water partition coefficient (Wildman–Crippen LogP) is 3.34. The van der Waals surface area contributed by atoms with Crippen molar-refractivity contribution < 1.29 is 42.6 Å². The van der Waals surface area contributed by atoms with Gasteiger partial charge in [0.1, 0.15) is 11.8 Å². The van der Waals surface area contributed by atoms with Crippen molar-refractivity contribution in [2.24, 2.45) is 40.2 Å². The average molecular weight is 531 g/mol. The molecule has 0 aromatic rings. The second-order valence-electron chi connectivity index (χ2n) is 11.6. The van der Waals surface area contributed by atoms with E-state index < -0.39 is 24.2 Å². The van der Waals surface area contributed by atoms with Crippen LogP contribution in [0.5, 0.6) is 0 Å². The molecule has 8 nitrogen and oxygen atoms in total. The van der Waals surface area contributed by atoms with Gasteiger partial charge in [-0.3, -0.25) is 14.4 Å². The van der Waals surface area contributed by atoms with E-state index in [2.05, 4.69) is 19.2 Å². The Balaban J connectivity index is 0.000000479. The first-order valence-corrected chi connectivity index (χ1v) is 12.8. The number of carboxylic acid groups (broad SMARTS) is 2. The summed E-state index contributed by atoms with van der Waals surface area (Å²) in [5.74, 6) is -1.82. The van der Waals surface area contributed by atoms with E-state index in [1.54, 1.807) is 6.92 Å². The molecule has 0 saturated heterocycles. The fourth-order valence-corrected chi connectivity index (χ4v) is 7.98. The maximum absolute atomic E-state index is 12.5. The van der Waals surface area contributed by atoms with Crippen LogP contribution in [0.4, 0.5) is 13.2 Å². The smallest absolute Gasteiger partial charge is 0.480 e. The highest BCUT2D eigenvalue weighted by molar-refractivity contribution is 5.91. The zero-order valence-electron chi connectivity index (χ0n) is 21.4.